The maximum absolute atomic E-state index is 13.3. The summed E-state index contributed by atoms with van der Waals surface area (Å²) in [4.78, 5) is 19.7. The molecule has 28 heavy (non-hydrogen) atoms. The van der Waals surface area contributed by atoms with Crippen molar-refractivity contribution in [2.75, 3.05) is 24.7 Å². The summed E-state index contributed by atoms with van der Waals surface area (Å²) in [6, 6.07) is 12.8. The van der Waals surface area contributed by atoms with Gasteiger partial charge in [-0.15, -0.1) is 0 Å². The number of ether oxygens (including phenoxy) is 2. The summed E-state index contributed by atoms with van der Waals surface area (Å²) in [6.45, 7) is 3.75. The second-order valence-corrected chi connectivity index (χ2v) is 8.06. The normalized spacial score (nSPS) is 16.4. The quantitative estimate of drug-likeness (QED) is 0.556. The summed E-state index contributed by atoms with van der Waals surface area (Å²) < 4.78 is 12.2. The van der Waals surface area contributed by atoms with E-state index in [4.69, 9.17) is 21.1 Å². The monoisotopic (exact) mass is 416 g/mol. The van der Waals surface area contributed by atoms with E-state index in [-0.39, 0.29) is 12.0 Å². The maximum Gasteiger partial charge on any atom is 0.260 e. The van der Waals surface area contributed by atoms with E-state index in [0.29, 0.717) is 28.9 Å². The van der Waals surface area contributed by atoms with Crippen LogP contribution in [-0.2, 0) is 4.74 Å². The first-order chi connectivity index (χ1) is 13.6. The van der Waals surface area contributed by atoms with Crippen molar-refractivity contribution in [1.29, 1.82) is 0 Å². The second-order valence-electron chi connectivity index (χ2n) is 6.62. The largest absolute Gasteiger partial charge is 0.494 e. The molecule has 0 aliphatic carbocycles. The average molecular weight is 417 g/mol. The molecule has 1 amide bonds. The van der Waals surface area contributed by atoms with Crippen molar-refractivity contribution < 1.29 is 14.3 Å². The van der Waals surface area contributed by atoms with Gasteiger partial charge in [0.25, 0.3) is 5.91 Å². The van der Waals surface area contributed by atoms with Crippen LogP contribution in [0, 0.1) is 0 Å². The number of thiazole rings is 1. The Kier molecular flexibility index (Phi) is 5.80. The standard InChI is InChI=1S/C21H21ClN2O3S/c1-2-26-16-8-5-14(6-9-16)20(25)24(13-17-4-3-11-27-17)21-23-18-10-7-15(22)12-19(18)28-21/h5-10,12,17H,2-4,11,13H2,1H3. The number of hydrogen-bond acceptors (Lipinski definition) is 5. The Morgan fingerprint density at radius 3 is 2.86 bits per heavy atom. The third-order valence-electron chi connectivity index (χ3n) is 4.64. The molecule has 0 bridgehead atoms. The van der Waals surface area contributed by atoms with Crippen LogP contribution in [0.3, 0.4) is 0 Å². The maximum atomic E-state index is 13.3. The molecule has 146 valence electrons. The first-order valence-corrected chi connectivity index (χ1v) is 10.6. The summed E-state index contributed by atoms with van der Waals surface area (Å²) >= 11 is 7.58. The summed E-state index contributed by atoms with van der Waals surface area (Å²) in [6.07, 6.45) is 2.00. The number of benzene rings is 2. The topological polar surface area (TPSA) is 51.7 Å². The van der Waals surface area contributed by atoms with Crippen LogP contribution in [0.4, 0.5) is 5.13 Å². The third kappa shape index (κ3) is 4.14. The third-order valence-corrected chi connectivity index (χ3v) is 5.91. The predicted molar refractivity (Wildman–Crippen MR) is 113 cm³/mol. The summed E-state index contributed by atoms with van der Waals surface area (Å²) in [5.41, 5.74) is 1.43. The number of hydrogen-bond donors (Lipinski definition) is 0. The molecule has 3 aromatic rings. The smallest absolute Gasteiger partial charge is 0.260 e. The highest BCUT2D eigenvalue weighted by molar-refractivity contribution is 7.22. The van der Waals surface area contributed by atoms with Gasteiger partial charge in [-0.25, -0.2) is 4.98 Å². The Bertz CT molecular complexity index is 967. The van der Waals surface area contributed by atoms with Gasteiger partial charge < -0.3 is 9.47 Å². The molecular formula is C21H21ClN2O3S. The van der Waals surface area contributed by atoms with Gasteiger partial charge in [0.15, 0.2) is 5.13 Å². The van der Waals surface area contributed by atoms with E-state index in [1.807, 2.05) is 37.3 Å². The lowest BCUT2D eigenvalue weighted by atomic mass is 10.1. The van der Waals surface area contributed by atoms with Gasteiger partial charge in [0, 0.05) is 17.2 Å². The first-order valence-electron chi connectivity index (χ1n) is 9.36. The highest BCUT2D eigenvalue weighted by Gasteiger charge is 2.27. The van der Waals surface area contributed by atoms with Gasteiger partial charge in [-0.05, 0) is 62.2 Å². The number of fused-ring (bicyclic) bond motifs is 1. The average Bonchev–Trinajstić information content (AvgIpc) is 3.35. The van der Waals surface area contributed by atoms with E-state index < -0.39 is 0 Å². The highest BCUT2D eigenvalue weighted by atomic mass is 35.5. The minimum atomic E-state index is -0.0938. The van der Waals surface area contributed by atoms with E-state index in [1.54, 1.807) is 17.0 Å². The second kappa shape index (κ2) is 8.47. The lowest BCUT2D eigenvalue weighted by Gasteiger charge is -2.23. The molecule has 4 rings (SSSR count). The fraction of sp³-hybridized carbons (Fsp3) is 0.333. The Balaban J connectivity index is 1.66. The fourth-order valence-electron chi connectivity index (χ4n) is 3.26. The molecule has 1 saturated heterocycles. The zero-order valence-corrected chi connectivity index (χ0v) is 17.1. The molecule has 0 radical (unpaired) electrons. The molecule has 1 unspecified atom stereocenters. The molecule has 0 N–H and O–H groups in total. The van der Waals surface area contributed by atoms with Gasteiger partial charge in [-0.1, -0.05) is 22.9 Å². The molecular weight excluding hydrogens is 396 g/mol. The number of carbonyl (C=O) groups excluding carboxylic acids is 1. The van der Waals surface area contributed by atoms with Crippen LogP contribution in [-0.4, -0.2) is 36.8 Å². The Morgan fingerprint density at radius 1 is 1.32 bits per heavy atom. The minimum Gasteiger partial charge on any atom is -0.494 e. The van der Waals surface area contributed by atoms with Crippen LogP contribution in [0.25, 0.3) is 10.2 Å². The number of nitrogens with zero attached hydrogens (tertiary/aromatic N) is 2. The molecule has 1 aliphatic rings. The van der Waals surface area contributed by atoms with Gasteiger partial charge in [-0.2, -0.15) is 0 Å². The van der Waals surface area contributed by atoms with Crippen molar-refractivity contribution in [2.45, 2.75) is 25.9 Å². The van der Waals surface area contributed by atoms with E-state index in [2.05, 4.69) is 4.98 Å². The fourth-order valence-corrected chi connectivity index (χ4v) is 4.51. The van der Waals surface area contributed by atoms with Crippen molar-refractivity contribution >= 4 is 44.2 Å². The molecule has 1 fully saturated rings. The number of aromatic nitrogens is 1. The number of halogens is 1. The molecule has 2 aromatic carbocycles. The molecule has 2 heterocycles. The predicted octanol–water partition coefficient (Wildman–Crippen LogP) is 5.17. The number of rotatable bonds is 6. The Hall–Kier alpha value is -2.15. The number of amides is 1. The number of carbonyl (C=O) groups is 1. The summed E-state index contributed by atoms with van der Waals surface area (Å²) in [5.74, 6) is 0.656. The molecule has 7 heteroatoms. The van der Waals surface area contributed by atoms with Gasteiger partial charge in [0.1, 0.15) is 5.75 Å². The first kappa shape index (κ1) is 19.2. The van der Waals surface area contributed by atoms with E-state index in [9.17, 15) is 4.79 Å². The van der Waals surface area contributed by atoms with Crippen molar-refractivity contribution in [1.82, 2.24) is 4.98 Å². The molecule has 1 aromatic heterocycles. The van der Waals surface area contributed by atoms with Crippen molar-refractivity contribution in [3.05, 3.63) is 53.1 Å². The van der Waals surface area contributed by atoms with Crippen LogP contribution < -0.4 is 9.64 Å². The van der Waals surface area contributed by atoms with E-state index in [1.165, 1.54) is 11.3 Å². The van der Waals surface area contributed by atoms with Crippen LogP contribution >= 0.6 is 22.9 Å². The van der Waals surface area contributed by atoms with Crippen LogP contribution in [0.5, 0.6) is 5.75 Å². The van der Waals surface area contributed by atoms with Crippen molar-refractivity contribution in [3.8, 4) is 5.75 Å². The van der Waals surface area contributed by atoms with Gasteiger partial charge in [-0.3, -0.25) is 9.69 Å². The molecule has 0 spiro atoms. The van der Waals surface area contributed by atoms with Crippen LogP contribution in [0.15, 0.2) is 42.5 Å². The van der Waals surface area contributed by atoms with Crippen LogP contribution in [0.1, 0.15) is 30.1 Å². The molecule has 1 atom stereocenters. The zero-order valence-electron chi connectivity index (χ0n) is 15.6. The molecule has 5 nitrogen and oxygen atoms in total. The Morgan fingerprint density at radius 2 is 2.14 bits per heavy atom. The van der Waals surface area contributed by atoms with Crippen molar-refractivity contribution in [3.63, 3.8) is 0 Å². The zero-order chi connectivity index (χ0) is 19.5. The lowest BCUT2D eigenvalue weighted by Crippen LogP contribution is -2.37. The SMILES string of the molecule is CCOc1ccc(C(=O)N(CC2CCCO2)c2nc3ccc(Cl)cc3s2)cc1. The van der Waals surface area contributed by atoms with Gasteiger partial charge >= 0.3 is 0 Å². The van der Waals surface area contributed by atoms with Gasteiger partial charge in [0.2, 0.25) is 0 Å². The molecule has 0 saturated carbocycles. The lowest BCUT2D eigenvalue weighted by molar-refractivity contribution is 0.0917. The minimum absolute atomic E-state index is 0.0299. The van der Waals surface area contributed by atoms with Crippen LogP contribution in [0.2, 0.25) is 5.02 Å². The van der Waals surface area contributed by atoms with E-state index in [0.717, 1.165) is 35.4 Å². The summed E-state index contributed by atoms with van der Waals surface area (Å²) in [5, 5.41) is 1.32. The molecule has 1 aliphatic heterocycles. The highest BCUT2D eigenvalue weighted by Crippen LogP contribution is 2.32. The van der Waals surface area contributed by atoms with E-state index >= 15 is 0 Å². The number of anilines is 1. The van der Waals surface area contributed by atoms with Crippen molar-refractivity contribution in [2.24, 2.45) is 0 Å². The summed E-state index contributed by atoms with van der Waals surface area (Å²) in [7, 11) is 0. The Labute approximate surface area is 172 Å². The van der Waals surface area contributed by atoms with Gasteiger partial charge in [0.05, 0.1) is 29.5 Å².